The SMILES string of the molecule is CCCCn1c(=O)n(CCOc2ccc(-c3cc(C)cs3)cc2)c(=O)c2[nH]c(Cl)nc21. The third kappa shape index (κ3) is 4.45. The second-order valence-electron chi connectivity index (χ2n) is 7.33. The Hall–Kier alpha value is -2.84. The van der Waals surface area contributed by atoms with E-state index in [1.165, 1.54) is 19.6 Å². The van der Waals surface area contributed by atoms with E-state index in [9.17, 15) is 9.59 Å². The van der Waals surface area contributed by atoms with Gasteiger partial charge in [0.25, 0.3) is 5.56 Å². The lowest BCUT2D eigenvalue weighted by Gasteiger charge is -2.12. The van der Waals surface area contributed by atoms with Crippen molar-refractivity contribution in [1.29, 1.82) is 0 Å². The maximum Gasteiger partial charge on any atom is 0.332 e. The molecule has 3 aromatic heterocycles. The molecule has 0 bridgehead atoms. The zero-order valence-corrected chi connectivity index (χ0v) is 18.9. The molecule has 31 heavy (non-hydrogen) atoms. The van der Waals surface area contributed by atoms with Crippen LogP contribution in [0.3, 0.4) is 0 Å². The van der Waals surface area contributed by atoms with Gasteiger partial charge in [-0.1, -0.05) is 13.3 Å². The molecule has 0 amide bonds. The first-order valence-corrected chi connectivity index (χ1v) is 11.4. The van der Waals surface area contributed by atoms with Gasteiger partial charge in [-0.3, -0.25) is 13.9 Å². The van der Waals surface area contributed by atoms with Crippen molar-refractivity contribution in [2.24, 2.45) is 0 Å². The first-order valence-electron chi connectivity index (χ1n) is 10.1. The molecule has 0 spiro atoms. The maximum atomic E-state index is 12.9. The van der Waals surface area contributed by atoms with Gasteiger partial charge in [0.2, 0.25) is 5.28 Å². The Morgan fingerprint density at radius 1 is 1.16 bits per heavy atom. The van der Waals surface area contributed by atoms with Gasteiger partial charge in [-0.2, -0.15) is 4.98 Å². The van der Waals surface area contributed by atoms with Crippen LogP contribution in [0.2, 0.25) is 5.28 Å². The van der Waals surface area contributed by atoms with Crippen molar-refractivity contribution in [3.05, 3.63) is 67.4 Å². The molecule has 4 rings (SSSR count). The first-order chi connectivity index (χ1) is 15.0. The fraction of sp³-hybridized carbons (Fsp3) is 0.318. The number of imidazole rings is 1. The number of aromatic amines is 1. The number of benzene rings is 1. The second kappa shape index (κ2) is 9.11. The Morgan fingerprint density at radius 3 is 2.61 bits per heavy atom. The molecule has 1 N–H and O–H groups in total. The lowest BCUT2D eigenvalue weighted by Crippen LogP contribution is -2.41. The average molecular weight is 459 g/mol. The van der Waals surface area contributed by atoms with E-state index in [4.69, 9.17) is 16.3 Å². The van der Waals surface area contributed by atoms with Gasteiger partial charge >= 0.3 is 5.69 Å². The molecule has 4 aromatic rings. The van der Waals surface area contributed by atoms with E-state index in [-0.39, 0.29) is 24.0 Å². The number of aryl methyl sites for hydroxylation is 2. The summed E-state index contributed by atoms with van der Waals surface area (Å²) in [6.45, 7) is 4.90. The van der Waals surface area contributed by atoms with Crippen molar-refractivity contribution in [3.63, 3.8) is 0 Å². The van der Waals surface area contributed by atoms with Gasteiger partial charge in [-0.05, 0) is 71.8 Å². The monoisotopic (exact) mass is 458 g/mol. The third-order valence-electron chi connectivity index (χ3n) is 5.02. The van der Waals surface area contributed by atoms with Gasteiger partial charge in [-0.15, -0.1) is 11.3 Å². The van der Waals surface area contributed by atoms with Crippen molar-refractivity contribution < 1.29 is 4.74 Å². The predicted molar refractivity (Wildman–Crippen MR) is 125 cm³/mol. The van der Waals surface area contributed by atoms with E-state index in [0.29, 0.717) is 17.9 Å². The molecule has 0 unspecified atom stereocenters. The zero-order chi connectivity index (χ0) is 22.0. The largest absolute Gasteiger partial charge is 0.492 e. The molecule has 9 heteroatoms. The topological polar surface area (TPSA) is 81.9 Å². The number of fused-ring (bicyclic) bond motifs is 1. The van der Waals surface area contributed by atoms with Crippen LogP contribution in [0.1, 0.15) is 25.3 Å². The van der Waals surface area contributed by atoms with Crippen LogP contribution in [-0.2, 0) is 13.1 Å². The summed E-state index contributed by atoms with van der Waals surface area (Å²) < 4.78 is 8.47. The van der Waals surface area contributed by atoms with E-state index in [2.05, 4.69) is 28.3 Å². The highest BCUT2D eigenvalue weighted by molar-refractivity contribution is 7.13. The van der Waals surface area contributed by atoms with Gasteiger partial charge in [0.05, 0.1) is 6.54 Å². The first kappa shape index (κ1) is 21.4. The number of nitrogens with zero attached hydrogens (tertiary/aromatic N) is 3. The number of hydrogen-bond donors (Lipinski definition) is 1. The van der Waals surface area contributed by atoms with E-state index < -0.39 is 11.2 Å². The van der Waals surface area contributed by atoms with Crippen LogP contribution in [0, 0.1) is 6.92 Å². The Morgan fingerprint density at radius 2 is 1.94 bits per heavy atom. The van der Waals surface area contributed by atoms with E-state index in [1.54, 1.807) is 11.3 Å². The minimum absolute atomic E-state index is 0.0896. The highest BCUT2D eigenvalue weighted by Gasteiger charge is 2.16. The number of H-pyrrole nitrogens is 1. The second-order valence-corrected chi connectivity index (χ2v) is 8.60. The van der Waals surface area contributed by atoms with Crippen LogP contribution in [0.4, 0.5) is 0 Å². The van der Waals surface area contributed by atoms with Gasteiger partial charge in [-0.25, -0.2) is 4.79 Å². The number of halogens is 1. The van der Waals surface area contributed by atoms with Crippen LogP contribution >= 0.6 is 22.9 Å². The highest BCUT2D eigenvalue weighted by Crippen LogP contribution is 2.28. The number of thiophene rings is 1. The number of ether oxygens (including phenoxy) is 1. The van der Waals surface area contributed by atoms with E-state index >= 15 is 0 Å². The van der Waals surface area contributed by atoms with Gasteiger partial charge < -0.3 is 9.72 Å². The van der Waals surface area contributed by atoms with Gasteiger partial charge in [0.15, 0.2) is 11.2 Å². The molecule has 0 fully saturated rings. The molecule has 0 aliphatic rings. The number of unbranched alkanes of at least 4 members (excludes halogenated alkanes) is 1. The summed E-state index contributed by atoms with van der Waals surface area (Å²) in [6, 6.07) is 9.94. The summed E-state index contributed by atoms with van der Waals surface area (Å²) in [5.74, 6) is 0.682. The minimum atomic E-state index is -0.445. The van der Waals surface area contributed by atoms with Gasteiger partial charge in [0, 0.05) is 11.4 Å². The Bertz CT molecular complexity index is 1320. The fourth-order valence-corrected chi connectivity index (χ4v) is 4.49. The summed E-state index contributed by atoms with van der Waals surface area (Å²) in [4.78, 5) is 33.8. The van der Waals surface area contributed by atoms with E-state index in [1.807, 2.05) is 31.2 Å². The lowest BCUT2D eigenvalue weighted by molar-refractivity contribution is 0.292. The molecular weight excluding hydrogens is 436 g/mol. The number of hydrogen-bond acceptors (Lipinski definition) is 5. The molecule has 0 radical (unpaired) electrons. The zero-order valence-electron chi connectivity index (χ0n) is 17.4. The van der Waals surface area contributed by atoms with Crippen molar-refractivity contribution in [1.82, 2.24) is 19.1 Å². The lowest BCUT2D eigenvalue weighted by atomic mass is 10.1. The van der Waals surface area contributed by atoms with Crippen molar-refractivity contribution in [3.8, 4) is 16.2 Å². The molecule has 0 saturated carbocycles. The summed E-state index contributed by atoms with van der Waals surface area (Å²) >= 11 is 7.66. The quantitative estimate of drug-likeness (QED) is 0.395. The predicted octanol–water partition coefficient (Wildman–Crippen LogP) is 4.46. The van der Waals surface area contributed by atoms with Crippen molar-refractivity contribution >= 4 is 34.1 Å². The molecule has 1 aromatic carbocycles. The molecule has 7 nitrogen and oxygen atoms in total. The van der Waals surface area contributed by atoms with Crippen LogP contribution in [0.15, 0.2) is 45.3 Å². The van der Waals surface area contributed by atoms with Crippen LogP contribution in [0.25, 0.3) is 21.6 Å². The smallest absolute Gasteiger partial charge is 0.332 e. The molecular formula is C22H23ClN4O3S. The molecule has 162 valence electrons. The number of nitrogens with one attached hydrogen (secondary N) is 1. The normalized spacial score (nSPS) is 11.3. The standard InChI is InChI=1S/C22H23ClN4O3S/c1-3-4-9-26-19-18(24-21(23)25-19)20(28)27(22(26)29)10-11-30-16-7-5-15(6-8-16)17-12-14(2)13-31-17/h5-8,12-13H,3-4,9-11H2,1-2H3,(H,24,25). The van der Waals surface area contributed by atoms with Crippen LogP contribution in [-0.4, -0.2) is 25.7 Å². The summed E-state index contributed by atoms with van der Waals surface area (Å²) in [7, 11) is 0. The Kier molecular flexibility index (Phi) is 6.29. The fourth-order valence-electron chi connectivity index (χ4n) is 3.41. The number of aromatic nitrogens is 4. The molecule has 0 saturated heterocycles. The van der Waals surface area contributed by atoms with Gasteiger partial charge in [0.1, 0.15) is 12.4 Å². The number of rotatable bonds is 8. The summed E-state index contributed by atoms with van der Waals surface area (Å²) in [6.07, 6.45) is 1.71. The third-order valence-corrected chi connectivity index (χ3v) is 6.30. The van der Waals surface area contributed by atoms with Crippen molar-refractivity contribution in [2.45, 2.75) is 39.8 Å². The summed E-state index contributed by atoms with van der Waals surface area (Å²) in [5, 5.41) is 2.21. The van der Waals surface area contributed by atoms with Crippen molar-refractivity contribution in [2.75, 3.05) is 6.61 Å². The molecule has 0 atom stereocenters. The summed E-state index contributed by atoms with van der Waals surface area (Å²) in [5.41, 5.74) is 2.05. The van der Waals surface area contributed by atoms with Crippen LogP contribution in [0.5, 0.6) is 5.75 Å². The molecule has 3 heterocycles. The Balaban J connectivity index is 1.52. The van der Waals surface area contributed by atoms with Crippen LogP contribution < -0.4 is 16.0 Å². The molecule has 0 aliphatic carbocycles. The molecule has 0 aliphatic heterocycles. The maximum absolute atomic E-state index is 12.9. The Labute approximate surface area is 187 Å². The van der Waals surface area contributed by atoms with E-state index in [0.717, 1.165) is 18.4 Å². The highest BCUT2D eigenvalue weighted by atomic mass is 35.5. The minimum Gasteiger partial charge on any atom is -0.492 e. The average Bonchev–Trinajstić information content (AvgIpc) is 3.36.